The van der Waals surface area contributed by atoms with Crippen molar-refractivity contribution in [2.45, 2.75) is 19.9 Å². The van der Waals surface area contributed by atoms with Crippen LogP contribution in [0.5, 0.6) is 0 Å². The molecular formula is C11H11Cl2N3S. The summed E-state index contributed by atoms with van der Waals surface area (Å²) in [5.41, 5.74) is 3.17. The summed E-state index contributed by atoms with van der Waals surface area (Å²) in [4.78, 5) is 8.37. The SMILES string of the molecule is CC(C)n1cnc(C=Cc2ncsc2Cl)c1Cl. The van der Waals surface area contributed by atoms with Crippen molar-refractivity contribution in [1.82, 2.24) is 14.5 Å². The van der Waals surface area contributed by atoms with Crippen LogP contribution in [-0.4, -0.2) is 14.5 Å². The highest BCUT2D eigenvalue weighted by molar-refractivity contribution is 7.14. The average Bonchev–Trinajstić information content (AvgIpc) is 2.82. The molecule has 0 fully saturated rings. The minimum Gasteiger partial charge on any atom is -0.319 e. The van der Waals surface area contributed by atoms with Crippen LogP contribution in [0.15, 0.2) is 11.8 Å². The van der Waals surface area contributed by atoms with E-state index in [-0.39, 0.29) is 0 Å². The molecule has 0 unspecified atom stereocenters. The lowest BCUT2D eigenvalue weighted by atomic mass is 10.3. The van der Waals surface area contributed by atoms with E-state index < -0.39 is 0 Å². The molecule has 2 aromatic heterocycles. The van der Waals surface area contributed by atoms with Crippen molar-refractivity contribution in [2.24, 2.45) is 0 Å². The summed E-state index contributed by atoms with van der Waals surface area (Å²) in [6.45, 7) is 4.11. The van der Waals surface area contributed by atoms with E-state index in [0.29, 0.717) is 15.5 Å². The number of imidazole rings is 1. The third-order valence-electron chi connectivity index (χ3n) is 2.26. The molecule has 0 aliphatic carbocycles. The Morgan fingerprint density at radius 1 is 1.24 bits per heavy atom. The van der Waals surface area contributed by atoms with Crippen LogP contribution in [0.3, 0.4) is 0 Å². The average molecular weight is 288 g/mol. The van der Waals surface area contributed by atoms with E-state index in [4.69, 9.17) is 23.2 Å². The lowest BCUT2D eigenvalue weighted by Crippen LogP contribution is -1.98. The highest BCUT2D eigenvalue weighted by Gasteiger charge is 2.08. The Hall–Kier alpha value is -0.840. The maximum absolute atomic E-state index is 6.20. The Kier molecular flexibility index (Phi) is 3.86. The van der Waals surface area contributed by atoms with Gasteiger partial charge in [0.25, 0.3) is 0 Å². The summed E-state index contributed by atoms with van der Waals surface area (Å²) in [6, 6.07) is 0.292. The number of thiazole rings is 1. The van der Waals surface area contributed by atoms with Crippen LogP contribution in [-0.2, 0) is 0 Å². The van der Waals surface area contributed by atoms with Crippen molar-refractivity contribution in [3.05, 3.63) is 32.7 Å². The smallest absolute Gasteiger partial charge is 0.136 e. The molecule has 0 spiro atoms. The zero-order valence-electron chi connectivity index (χ0n) is 9.39. The van der Waals surface area contributed by atoms with E-state index in [2.05, 4.69) is 23.8 Å². The fourth-order valence-electron chi connectivity index (χ4n) is 1.34. The number of hydrogen-bond donors (Lipinski definition) is 0. The summed E-state index contributed by atoms with van der Waals surface area (Å²) in [6.07, 6.45) is 5.37. The molecule has 0 saturated heterocycles. The molecule has 2 rings (SSSR count). The maximum Gasteiger partial charge on any atom is 0.136 e. The fraction of sp³-hybridized carbons (Fsp3) is 0.273. The largest absolute Gasteiger partial charge is 0.319 e. The highest BCUT2D eigenvalue weighted by atomic mass is 35.5. The summed E-state index contributed by atoms with van der Waals surface area (Å²) >= 11 is 13.5. The first-order chi connectivity index (χ1) is 8.09. The Morgan fingerprint density at radius 2 is 1.94 bits per heavy atom. The maximum atomic E-state index is 6.20. The number of hydrogen-bond acceptors (Lipinski definition) is 3. The molecule has 0 bridgehead atoms. The van der Waals surface area contributed by atoms with Gasteiger partial charge in [-0.1, -0.05) is 23.2 Å². The molecular weight excluding hydrogens is 277 g/mol. The van der Waals surface area contributed by atoms with Crippen molar-refractivity contribution < 1.29 is 0 Å². The third kappa shape index (κ3) is 2.70. The molecule has 0 aliphatic rings. The first-order valence-corrected chi connectivity index (χ1v) is 6.72. The molecule has 3 nitrogen and oxygen atoms in total. The molecule has 2 heterocycles. The zero-order valence-corrected chi connectivity index (χ0v) is 11.7. The molecule has 0 N–H and O–H groups in total. The second kappa shape index (κ2) is 5.21. The lowest BCUT2D eigenvalue weighted by Gasteiger charge is -2.06. The first kappa shape index (κ1) is 12.6. The van der Waals surface area contributed by atoms with Gasteiger partial charge in [-0.15, -0.1) is 11.3 Å². The van der Waals surface area contributed by atoms with E-state index >= 15 is 0 Å². The standard InChI is InChI=1S/C11H11Cl2N3S/c1-7(2)16-5-14-8(10(16)12)3-4-9-11(13)17-6-15-9/h3-7H,1-2H3. The molecule has 0 aliphatic heterocycles. The van der Waals surface area contributed by atoms with Crippen molar-refractivity contribution in [2.75, 3.05) is 0 Å². The molecule has 90 valence electrons. The molecule has 0 saturated carbocycles. The van der Waals surface area contributed by atoms with Crippen LogP contribution in [0.4, 0.5) is 0 Å². The predicted molar refractivity (Wildman–Crippen MR) is 73.7 cm³/mol. The topological polar surface area (TPSA) is 30.7 Å². The second-order valence-corrected chi connectivity index (χ2v) is 5.58. The second-order valence-electron chi connectivity index (χ2n) is 3.77. The van der Waals surface area contributed by atoms with E-state index in [1.54, 1.807) is 11.8 Å². The van der Waals surface area contributed by atoms with E-state index in [1.165, 1.54) is 11.3 Å². The van der Waals surface area contributed by atoms with Gasteiger partial charge in [-0.2, -0.15) is 0 Å². The Morgan fingerprint density at radius 3 is 2.47 bits per heavy atom. The summed E-state index contributed by atoms with van der Waals surface area (Å²) in [5.74, 6) is 0. The monoisotopic (exact) mass is 287 g/mol. The van der Waals surface area contributed by atoms with Crippen LogP contribution in [0.25, 0.3) is 12.2 Å². The normalized spacial score (nSPS) is 11.8. The quantitative estimate of drug-likeness (QED) is 0.838. The minimum absolute atomic E-state index is 0.292. The Bertz CT molecular complexity index is 543. The summed E-state index contributed by atoms with van der Waals surface area (Å²) in [7, 11) is 0. The summed E-state index contributed by atoms with van der Waals surface area (Å²) < 4.78 is 2.57. The molecule has 0 atom stereocenters. The van der Waals surface area contributed by atoms with Gasteiger partial charge in [0.1, 0.15) is 15.2 Å². The molecule has 0 amide bonds. The zero-order chi connectivity index (χ0) is 12.4. The number of aromatic nitrogens is 3. The summed E-state index contributed by atoms with van der Waals surface area (Å²) in [5, 5.41) is 0.627. The van der Waals surface area contributed by atoms with Crippen LogP contribution in [0.1, 0.15) is 31.3 Å². The van der Waals surface area contributed by atoms with Gasteiger partial charge in [-0.05, 0) is 26.0 Å². The molecule has 6 heteroatoms. The Labute approximate surface area is 114 Å². The van der Waals surface area contributed by atoms with Crippen LogP contribution < -0.4 is 0 Å². The Balaban J connectivity index is 2.25. The number of rotatable bonds is 3. The van der Waals surface area contributed by atoms with E-state index in [9.17, 15) is 0 Å². The number of halogens is 2. The first-order valence-electron chi connectivity index (χ1n) is 5.09. The van der Waals surface area contributed by atoms with Gasteiger partial charge >= 0.3 is 0 Å². The van der Waals surface area contributed by atoms with Crippen molar-refractivity contribution in [3.63, 3.8) is 0 Å². The van der Waals surface area contributed by atoms with E-state index in [0.717, 1.165) is 11.4 Å². The highest BCUT2D eigenvalue weighted by Crippen LogP contribution is 2.24. The van der Waals surface area contributed by atoms with Gasteiger partial charge in [-0.25, -0.2) is 9.97 Å². The molecule has 0 aromatic carbocycles. The van der Waals surface area contributed by atoms with E-state index in [1.807, 2.05) is 16.7 Å². The molecule has 17 heavy (non-hydrogen) atoms. The van der Waals surface area contributed by atoms with Gasteiger partial charge in [0, 0.05) is 6.04 Å². The van der Waals surface area contributed by atoms with Gasteiger partial charge in [-0.3, -0.25) is 0 Å². The van der Waals surface area contributed by atoms with Gasteiger partial charge in [0.15, 0.2) is 0 Å². The number of nitrogens with zero attached hydrogens (tertiary/aromatic N) is 3. The van der Waals surface area contributed by atoms with Crippen LogP contribution in [0, 0.1) is 0 Å². The predicted octanol–water partition coefficient (Wildman–Crippen LogP) is 4.40. The van der Waals surface area contributed by atoms with Crippen molar-refractivity contribution in [1.29, 1.82) is 0 Å². The third-order valence-corrected chi connectivity index (χ3v) is 3.74. The minimum atomic E-state index is 0.292. The van der Waals surface area contributed by atoms with Crippen molar-refractivity contribution in [3.8, 4) is 0 Å². The molecule has 2 aromatic rings. The molecule has 0 radical (unpaired) electrons. The van der Waals surface area contributed by atoms with Crippen LogP contribution >= 0.6 is 34.5 Å². The van der Waals surface area contributed by atoms with Gasteiger partial charge in [0.05, 0.1) is 17.5 Å². The fourth-order valence-corrected chi connectivity index (χ4v) is 2.42. The van der Waals surface area contributed by atoms with Crippen molar-refractivity contribution >= 4 is 46.7 Å². The van der Waals surface area contributed by atoms with Gasteiger partial charge < -0.3 is 4.57 Å². The van der Waals surface area contributed by atoms with Crippen LogP contribution in [0.2, 0.25) is 9.49 Å². The lowest BCUT2D eigenvalue weighted by molar-refractivity contribution is 0.600. The van der Waals surface area contributed by atoms with Gasteiger partial charge in [0.2, 0.25) is 0 Å².